The molecule has 4 bridgehead atoms. The minimum absolute atomic E-state index is 0.0119. The van der Waals surface area contributed by atoms with Gasteiger partial charge in [-0.3, -0.25) is 0 Å². The molecule has 4 saturated carbocycles. The van der Waals surface area contributed by atoms with E-state index >= 15 is 0 Å². The monoisotopic (exact) mass is 477 g/mol. The van der Waals surface area contributed by atoms with E-state index < -0.39 is 18.5 Å². The zero-order valence-corrected chi connectivity index (χ0v) is 19.8. The number of benzene rings is 1. The van der Waals surface area contributed by atoms with Crippen molar-refractivity contribution in [3.05, 3.63) is 59.2 Å². The van der Waals surface area contributed by atoms with Crippen molar-refractivity contribution in [1.29, 1.82) is 0 Å². The van der Waals surface area contributed by atoms with Crippen LogP contribution in [-0.2, 0) is 19.8 Å². The summed E-state index contributed by atoms with van der Waals surface area (Å²) in [5, 5.41) is 33.1. The first-order chi connectivity index (χ1) is 16.7. The standard InChI is InChI=1S/C28H31NO6/c1-16-20(4-7-25(31)32)2-5-22(27(16)29-35-15-26(33)34)21-3-6-24(30)23(11-21)28-12-17-8-18(13-28)10-19(9-17)14-28/h2-7,11,16-19,30H,8-10,12-15H2,1H3,(H,31,32)(H,33,34). The Balaban J connectivity index is 1.54. The topological polar surface area (TPSA) is 116 Å². The predicted molar refractivity (Wildman–Crippen MR) is 131 cm³/mol. The number of rotatable bonds is 7. The summed E-state index contributed by atoms with van der Waals surface area (Å²) in [4.78, 5) is 27.1. The van der Waals surface area contributed by atoms with Crippen LogP contribution in [0.2, 0.25) is 0 Å². The molecule has 1 aromatic rings. The third kappa shape index (κ3) is 4.51. The lowest BCUT2D eigenvalue weighted by atomic mass is 9.48. The second-order valence-electron chi connectivity index (χ2n) is 10.7. The molecule has 1 unspecified atom stereocenters. The Morgan fingerprint density at radius 3 is 2.34 bits per heavy atom. The van der Waals surface area contributed by atoms with Crippen LogP contribution in [0.4, 0.5) is 0 Å². The summed E-state index contributed by atoms with van der Waals surface area (Å²) in [6, 6.07) is 5.70. The molecule has 0 amide bonds. The first-order valence-electron chi connectivity index (χ1n) is 12.3. The largest absolute Gasteiger partial charge is 0.508 e. The lowest BCUT2D eigenvalue weighted by molar-refractivity contribution is -0.142. The van der Waals surface area contributed by atoms with Gasteiger partial charge in [-0.1, -0.05) is 36.4 Å². The van der Waals surface area contributed by atoms with E-state index in [-0.39, 0.29) is 11.3 Å². The zero-order chi connectivity index (χ0) is 24.7. The highest BCUT2D eigenvalue weighted by Crippen LogP contribution is 2.62. The maximum absolute atomic E-state index is 11.0. The van der Waals surface area contributed by atoms with Crippen LogP contribution in [-0.4, -0.2) is 39.6 Å². The fraction of sp³-hybridized carbons (Fsp3) is 0.464. The van der Waals surface area contributed by atoms with Gasteiger partial charge in [0.2, 0.25) is 6.61 Å². The van der Waals surface area contributed by atoms with Crippen molar-refractivity contribution in [2.45, 2.75) is 50.9 Å². The summed E-state index contributed by atoms with van der Waals surface area (Å²) >= 11 is 0. The van der Waals surface area contributed by atoms with E-state index in [2.05, 4.69) is 11.2 Å². The van der Waals surface area contributed by atoms with Crippen LogP contribution in [0.5, 0.6) is 5.75 Å². The van der Waals surface area contributed by atoms with Crippen molar-refractivity contribution in [2.75, 3.05) is 6.61 Å². The van der Waals surface area contributed by atoms with Crippen LogP contribution < -0.4 is 0 Å². The van der Waals surface area contributed by atoms with Gasteiger partial charge in [-0.05, 0) is 85.0 Å². The van der Waals surface area contributed by atoms with Gasteiger partial charge in [-0.2, -0.15) is 0 Å². The second kappa shape index (κ2) is 9.02. The normalized spacial score (nSPS) is 32.5. The lowest BCUT2D eigenvalue weighted by Crippen LogP contribution is -2.48. The summed E-state index contributed by atoms with van der Waals surface area (Å²) in [6.07, 6.45) is 13.6. The van der Waals surface area contributed by atoms with Crippen molar-refractivity contribution in [1.82, 2.24) is 0 Å². The summed E-state index contributed by atoms with van der Waals surface area (Å²) < 4.78 is 0. The smallest absolute Gasteiger partial charge is 0.344 e. The number of aromatic hydroxyl groups is 1. The summed E-state index contributed by atoms with van der Waals surface area (Å²) in [5.74, 6) is 0.0762. The number of nitrogens with zero attached hydrogens (tertiary/aromatic N) is 1. The van der Waals surface area contributed by atoms with E-state index in [1.54, 1.807) is 6.07 Å². The molecule has 184 valence electrons. The molecular formula is C28H31NO6. The van der Waals surface area contributed by atoms with Gasteiger partial charge in [-0.25, -0.2) is 9.59 Å². The van der Waals surface area contributed by atoms with Gasteiger partial charge in [0.1, 0.15) is 5.75 Å². The number of carbonyl (C=O) groups is 2. The summed E-state index contributed by atoms with van der Waals surface area (Å²) in [7, 11) is 0. The van der Waals surface area contributed by atoms with E-state index in [4.69, 9.17) is 15.1 Å². The zero-order valence-electron chi connectivity index (χ0n) is 19.8. The van der Waals surface area contributed by atoms with Crippen molar-refractivity contribution >= 4 is 23.2 Å². The van der Waals surface area contributed by atoms with Gasteiger partial charge >= 0.3 is 11.9 Å². The van der Waals surface area contributed by atoms with Crippen molar-refractivity contribution in [2.24, 2.45) is 28.8 Å². The Bertz CT molecular complexity index is 1140. The molecule has 7 heteroatoms. The molecule has 7 nitrogen and oxygen atoms in total. The Kier molecular flexibility index (Phi) is 6.03. The van der Waals surface area contributed by atoms with Crippen LogP contribution in [0, 0.1) is 23.7 Å². The first kappa shape index (κ1) is 23.4. The number of carboxylic acid groups (broad SMARTS) is 2. The molecule has 0 heterocycles. The van der Waals surface area contributed by atoms with Gasteiger partial charge < -0.3 is 20.2 Å². The fourth-order valence-corrected chi connectivity index (χ4v) is 7.27. The number of oxime groups is 1. The molecule has 4 fully saturated rings. The molecule has 0 saturated heterocycles. The molecule has 35 heavy (non-hydrogen) atoms. The Labute approximate surface area is 204 Å². The minimum Gasteiger partial charge on any atom is -0.508 e. The number of aliphatic carboxylic acids is 2. The average molecular weight is 478 g/mol. The second-order valence-corrected chi connectivity index (χ2v) is 10.7. The lowest BCUT2D eigenvalue weighted by Gasteiger charge is -2.57. The van der Waals surface area contributed by atoms with Crippen molar-refractivity contribution in [3.63, 3.8) is 0 Å². The predicted octanol–water partition coefficient (Wildman–Crippen LogP) is 4.92. The quantitative estimate of drug-likeness (QED) is 0.379. The molecule has 0 spiro atoms. The highest BCUT2D eigenvalue weighted by molar-refractivity contribution is 6.26. The molecule has 3 N–H and O–H groups in total. The summed E-state index contributed by atoms with van der Waals surface area (Å²) in [6.45, 7) is 1.32. The number of hydrogen-bond donors (Lipinski definition) is 3. The van der Waals surface area contributed by atoms with E-state index in [0.717, 1.165) is 65.4 Å². The van der Waals surface area contributed by atoms with Gasteiger partial charge in [0.25, 0.3) is 0 Å². The van der Waals surface area contributed by atoms with Gasteiger partial charge in [0.15, 0.2) is 0 Å². The highest BCUT2D eigenvalue weighted by Gasteiger charge is 2.52. The molecule has 5 aliphatic rings. The number of allylic oxidation sites excluding steroid dienone is 5. The average Bonchev–Trinajstić information content (AvgIpc) is 2.78. The highest BCUT2D eigenvalue weighted by atomic mass is 16.6. The van der Waals surface area contributed by atoms with E-state index in [9.17, 15) is 14.7 Å². The molecule has 0 radical (unpaired) electrons. The molecule has 1 atom stereocenters. The van der Waals surface area contributed by atoms with Crippen LogP contribution in [0.1, 0.15) is 56.6 Å². The van der Waals surface area contributed by atoms with Crippen LogP contribution in [0.25, 0.3) is 5.57 Å². The van der Waals surface area contributed by atoms with Crippen molar-refractivity contribution < 1.29 is 29.7 Å². The van der Waals surface area contributed by atoms with Gasteiger partial charge in [0, 0.05) is 23.1 Å². The Morgan fingerprint density at radius 1 is 1.09 bits per heavy atom. The minimum atomic E-state index is -1.13. The molecular weight excluding hydrogens is 446 g/mol. The Hall–Kier alpha value is -3.35. The van der Waals surface area contributed by atoms with E-state index in [1.165, 1.54) is 25.3 Å². The summed E-state index contributed by atoms with van der Waals surface area (Å²) in [5.41, 5.74) is 3.94. The first-order valence-corrected chi connectivity index (χ1v) is 12.3. The third-order valence-corrected chi connectivity index (χ3v) is 8.31. The fourth-order valence-electron chi connectivity index (χ4n) is 7.27. The van der Waals surface area contributed by atoms with E-state index in [1.807, 2.05) is 25.1 Å². The maximum Gasteiger partial charge on any atom is 0.344 e. The van der Waals surface area contributed by atoms with Crippen LogP contribution >= 0.6 is 0 Å². The number of phenolic OH excluding ortho intramolecular Hbond substituents is 1. The number of phenols is 1. The third-order valence-electron chi connectivity index (χ3n) is 8.31. The van der Waals surface area contributed by atoms with E-state index in [0.29, 0.717) is 11.5 Å². The molecule has 1 aromatic carbocycles. The SMILES string of the molecule is CC1C(C=CC(=O)O)=CC=C(c2ccc(O)c(C34CC5CC(CC(C5)C3)C4)c2)C1=NOCC(=O)O. The maximum atomic E-state index is 11.0. The van der Waals surface area contributed by atoms with Crippen molar-refractivity contribution in [3.8, 4) is 5.75 Å². The molecule has 5 aliphatic carbocycles. The number of hydrogen-bond acceptors (Lipinski definition) is 5. The molecule has 0 aliphatic heterocycles. The molecule has 6 rings (SSSR count). The van der Waals surface area contributed by atoms with Gasteiger partial charge in [-0.15, -0.1) is 0 Å². The molecule has 0 aromatic heterocycles. The van der Waals surface area contributed by atoms with Crippen LogP contribution in [0.3, 0.4) is 0 Å². The van der Waals surface area contributed by atoms with Crippen LogP contribution in [0.15, 0.2) is 53.2 Å². The Morgan fingerprint density at radius 2 is 1.74 bits per heavy atom. The van der Waals surface area contributed by atoms with Gasteiger partial charge in [0.05, 0.1) is 5.71 Å². The number of carboxylic acids is 2.